The highest BCUT2D eigenvalue weighted by molar-refractivity contribution is 6.70. The molecule has 0 unspecified atom stereocenters. The molecule has 1 aromatic carbocycles. The Hall–Kier alpha value is -1.23. The van der Waals surface area contributed by atoms with Gasteiger partial charge < -0.3 is 4.43 Å². The second-order valence-electron chi connectivity index (χ2n) is 4.11. The molecule has 0 atom stereocenters. The third-order valence-corrected chi connectivity index (χ3v) is 2.45. The van der Waals surface area contributed by atoms with Crippen molar-refractivity contribution in [2.24, 2.45) is 0 Å². The van der Waals surface area contributed by atoms with Crippen LogP contribution >= 0.6 is 0 Å². The van der Waals surface area contributed by atoms with E-state index in [-0.39, 0.29) is 17.6 Å². The molecule has 0 radical (unpaired) electrons. The third-order valence-electron chi connectivity index (χ3n) is 1.62. The van der Waals surface area contributed by atoms with Gasteiger partial charge in [0.1, 0.15) is 5.75 Å². The molecule has 2 nitrogen and oxygen atoms in total. The van der Waals surface area contributed by atoms with Gasteiger partial charge in [0.2, 0.25) is 8.32 Å². The van der Waals surface area contributed by atoms with E-state index in [9.17, 15) is 13.6 Å². The van der Waals surface area contributed by atoms with Crippen molar-refractivity contribution in [2.75, 3.05) is 0 Å². The molecule has 1 aromatic rings. The van der Waals surface area contributed by atoms with Gasteiger partial charge in [-0.25, -0.2) is 4.39 Å². The SMILES string of the molecule is C[Si](C)(C)Oc1ccc(C=O)c(F)c1F. The van der Waals surface area contributed by atoms with Gasteiger partial charge in [-0.15, -0.1) is 0 Å². The minimum absolute atomic E-state index is 0.128. The zero-order valence-corrected chi connectivity index (χ0v) is 9.80. The molecule has 0 aliphatic heterocycles. The molecule has 0 aromatic heterocycles. The summed E-state index contributed by atoms with van der Waals surface area (Å²) in [4.78, 5) is 10.3. The van der Waals surface area contributed by atoms with Crippen molar-refractivity contribution in [3.63, 3.8) is 0 Å². The predicted molar refractivity (Wildman–Crippen MR) is 55.7 cm³/mol. The Morgan fingerprint density at radius 1 is 1.20 bits per heavy atom. The zero-order chi connectivity index (χ0) is 11.6. The van der Waals surface area contributed by atoms with E-state index in [2.05, 4.69) is 0 Å². The van der Waals surface area contributed by atoms with Crippen LogP contribution in [0.2, 0.25) is 19.6 Å². The molecule has 0 aliphatic rings. The molecular formula is C10H12F2O2Si. The number of aldehydes is 1. The van der Waals surface area contributed by atoms with Crippen LogP contribution in [0.4, 0.5) is 8.78 Å². The van der Waals surface area contributed by atoms with E-state index in [1.807, 2.05) is 19.6 Å². The van der Waals surface area contributed by atoms with E-state index in [4.69, 9.17) is 4.43 Å². The second kappa shape index (κ2) is 4.10. The summed E-state index contributed by atoms with van der Waals surface area (Å²) >= 11 is 0. The highest BCUT2D eigenvalue weighted by Crippen LogP contribution is 2.24. The maximum Gasteiger partial charge on any atom is 0.242 e. The van der Waals surface area contributed by atoms with Gasteiger partial charge in [-0.2, -0.15) is 4.39 Å². The molecule has 0 bridgehead atoms. The number of carbonyl (C=O) groups excluding carboxylic acids is 1. The monoisotopic (exact) mass is 230 g/mol. The number of hydrogen-bond donors (Lipinski definition) is 0. The van der Waals surface area contributed by atoms with Gasteiger partial charge in [-0.05, 0) is 31.8 Å². The van der Waals surface area contributed by atoms with Crippen LogP contribution in [-0.2, 0) is 0 Å². The maximum absolute atomic E-state index is 13.3. The first-order valence-corrected chi connectivity index (χ1v) is 7.88. The van der Waals surface area contributed by atoms with Crippen molar-refractivity contribution < 1.29 is 18.0 Å². The Morgan fingerprint density at radius 2 is 1.80 bits per heavy atom. The summed E-state index contributed by atoms with van der Waals surface area (Å²) in [6.07, 6.45) is 0.275. The number of carbonyl (C=O) groups is 1. The van der Waals surface area contributed by atoms with Crippen molar-refractivity contribution in [3.05, 3.63) is 29.3 Å². The number of halogens is 2. The lowest BCUT2D eigenvalue weighted by Gasteiger charge is -2.19. The van der Waals surface area contributed by atoms with E-state index >= 15 is 0 Å². The van der Waals surface area contributed by atoms with Gasteiger partial charge in [0.05, 0.1) is 5.56 Å². The lowest BCUT2D eigenvalue weighted by Crippen LogP contribution is -2.29. The Morgan fingerprint density at radius 3 is 2.27 bits per heavy atom. The second-order valence-corrected chi connectivity index (χ2v) is 8.54. The highest BCUT2D eigenvalue weighted by Gasteiger charge is 2.21. The molecule has 82 valence electrons. The first kappa shape index (κ1) is 11.8. The first-order valence-electron chi connectivity index (χ1n) is 4.47. The van der Waals surface area contributed by atoms with Gasteiger partial charge in [-0.3, -0.25) is 4.79 Å². The minimum atomic E-state index is -1.97. The topological polar surface area (TPSA) is 26.3 Å². The van der Waals surface area contributed by atoms with Crippen molar-refractivity contribution in [3.8, 4) is 5.75 Å². The van der Waals surface area contributed by atoms with Crippen molar-refractivity contribution >= 4 is 14.6 Å². The maximum atomic E-state index is 13.3. The standard InChI is InChI=1S/C10H12F2O2Si/c1-15(2,3)14-8-5-4-7(6-13)9(11)10(8)12/h4-6H,1-3H3. The van der Waals surface area contributed by atoms with Crippen LogP contribution in [0.25, 0.3) is 0 Å². The van der Waals surface area contributed by atoms with Crippen LogP contribution < -0.4 is 4.43 Å². The van der Waals surface area contributed by atoms with Crippen LogP contribution in [0.15, 0.2) is 12.1 Å². The summed E-state index contributed by atoms with van der Waals surface area (Å²) in [5.74, 6) is -2.37. The van der Waals surface area contributed by atoms with E-state index < -0.39 is 20.0 Å². The van der Waals surface area contributed by atoms with Crippen molar-refractivity contribution in [1.82, 2.24) is 0 Å². The molecule has 0 amide bonds. The van der Waals surface area contributed by atoms with Gasteiger partial charge in [-0.1, -0.05) is 0 Å². The molecule has 5 heteroatoms. The third kappa shape index (κ3) is 2.86. The van der Waals surface area contributed by atoms with Crippen LogP contribution in [0.5, 0.6) is 5.75 Å². The first-order chi connectivity index (χ1) is 6.85. The van der Waals surface area contributed by atoms with Crippen molar-refractivity contribution in [2.45, 2.75) is 19.6 Å². The summed E-state index contributed by atoms with van der Waals surface area (Å²) < 4.78 is 31.8. The van der Waals surface area contributed by atoms with Crippen LogP contribution in [0, 0.1) is 11.6 Å². The van der Waals surface area contributed by atoms with Crippen molar-refractivity contribution in [1.29, 1.82) is 0 Å². The van der Waals surface area contributed by atoms with Crippen LogP contribution in [0.3, 0.4) is 0 Å². The molecule has 1 rings (SSSR count). The van der Waals surface area contributed by atoms with E-state index in [1.165, 1.54) is 12.1 Å². The van der Waals surface area contributed by atoms with E-state index in [0.29, 0.717) is 0 Å². The average molecular weight is 230 g/mol. The molecular weight excluding hydrogens is 218 g/mol. The Balaban J connectivity index is 3.12. The quantitative estimate of drug-likeness (QED) is 0.589. The number of hydrogen-bond acceptors (Lipinski definition) is 2. The fraction of sp³-hybridized carbons (Fsp3) is 0.300. The zero-order valence-electron chi connectivity index (χ0n) is 8.80. The number of rotatable bonds is 3. The minimum Gasteiger partial charge on any atom is -0.542 e. The smallest absolute Gasteiger partial charge is 0.242 e. The molecule has 15 heavy (non-hydrogen) atoms. The molecule has 0 spiro atoms. The van der Waals surface area contributed by atoms with Gasteiger partial charge in [0.25, 0.3) is 0 Å². The Kier molecular flexibility index (Phi) is 3.24. The summed E-state index contributed by atoms with van der Waals surface area (Å²) in [5, 5.41) is 0. The highest BCUT2D eigenvalue weighted by atomic mass is 28.4. The largest absolute Gasteiger partial charge is 0.542 e. The van der Waals surface area contributed by atoms with E-state index in [1.54, 1.807) is 0 Å². The molecule has 0 saturated heterocycles. The lowest BCUT2D eigenvalue weighted by atomic mass is 10.2. The fourth-order valence-corrected chi connectivity index (χ4v) is 1.86. The van der Waals surface area contributed by atoms with Crippen LogP contribution in [-0.4, -0.2) is 14.6 Å². The summed E-state index contributed by atoms with van der Waals surface area (Å²) in [7, 11) is -1.97. The van der Waals surface area contributed by atoms with E-state index in [0.717, 1.165) is 0 Å². The normalized spacial score (nSPS) is 11.3. The molecule has 0 fully saturated rings. The van der Waals surface area contributed by atoms with Crippen LogP contribution in [0.1, 0.15) is 10.4 Å². The number of benzene rings is 1. The molecule has 0 heterocycles. The molecule has 0 aliphatic carbocycles. The van der Waals surface area contributed by atoms with Gasteiger partial charge in [0, 0.05) is 0 Å². The fourth-order valence-electron chi connectivity index (χ4n) is 1.05. The average Bonchev–Trinajstić information content (AvgIpc) is 2.11. The summed E-state index contributed by atoms with van der Waals surface area (Å²) in [6.45, 7) is 5.58. The predicted octanol–water partition coefficient (Wildman–Crippen LogP) is 2.99. The summed E-state index contributed by atoms with van der Waals surface area (Å²) in [6, 6.07) is 2.49. The van der Waals surface area contributed by atoms with Gasteiger partial charge in [0.15, 0.2) is 17.9 Å². The summed E-state index contributed by atoms with van der Waals surface area (Å²) in [5.41, 5.74) is -0.296. The Labute approximate surface area is 88.0 Å². The molecule has 0 N–H and O–H groups in total. The Bertz CT molecular complexity index is 386. The van der Waals surface area contributed by atoms with Gasteiger partial charge >= 0.3 is 0 Å². The molecule has 0 saturated carbocycles. The lowest BCUT2D eigenvalue weighted by molar-refractivity contribution is 0.111.